The van der Waals surface area contributed by atoms with Crippen molar-refractivity contribution < 1.29 is 9.90 Å². The standard InChI is InChI=1S/C22H23N5O2/c28-22(29)16-5-4-6-18(13-16)26-21-14-20(23-15-24-21)25-17-7-9-19(10-8-17)27-11-2-1-3-12-27/h4-10,13-15H,1-3,11-12H2,(H,28,29)(H2,23,24,25,26). The van der Waals surface area contributed by atoms with Gasteiger partial charge in [-0.05, 0) is 61.7 Å². The molecule has 7 heteroatoms. The van der Waals surface area contributed by atoms with Crippen molar-refractivity contribution in [3.05, 3.63) is 66.5 Å². The third-order valence-electron chi connectivity index (χ3n) is 4.91. The van der Waals surface area contributed by atoms with E-state index in [1.807, 2.05) is 0 Å². The minimum Gasteiger partial charge on any atom is -0.478 e. The van der Waals surface area contributed by atoms with Gasteiger partial charge in [0.25, 0.3) is 0 Å². The number of carboxylic acid groups (broad SMARTS) is 1. The molecule has 4 rings (SSSR count). The molecule has 1 aromatic heterocycles. The van der Waals surface area contributed by atoms with Crippen LogP contribution in [0.2, 0.25) is 0 Å². The van der Waals surface area contributed by atoms with Crippen molar-refractivity contribution in [1.82, 2.24) is 9.97 Å². The summed E-state index contributed by atoms with van der Waals surface area (Å²) in [6.07, 6.45) is 5.30. The van der Waals surface area contributed by atoms with Gasteiger partial charge >= 0.3 is 5.97 Å². The quantitative estimate of drug-likeness (QED) is 0.565. The lowest BCUT2D eigenvalue weighted by atomic mass is 10.1. The summed E-state index contributed by atoms with van der Waals surface area (Å²) >= 11 is 0. The number of aromatic carboxylic acids is 1. The Morgan fingerprint density at radius 1 is 0.862 bits per heavy atom. The molecule has 0 atom stereocenters. The first-order valence-electron chi connectivity index (χ1n) is 9.72. The number of aromatic nitrogens is 2. The average Bonchev–Trinajstić information content (AvgIpc) is 2.75. The predicted molar refractivity (Wildman–Crippen MR) is 115 cm³/mol. The van der Waals surface area contributed by atoms with E-state index in [1.165, 1.54) is 31.3 Å². The molecule has 0 spiro atoms. The van der Waals surface area contributed by atoms with Crippen molar-refractivity contribution in [1.29, 1.82) is 0 Å². The molecular formula is C22H23N5O2. The second-order valence-corrected chi connectivity index (χ2v) is 7.02. The number of carboxylic acids is 1. The van der Waals surface area contributed by atoms with Crippen LogP contribution in [-0.2, 0) is 0 Å². The van der Waals surface area contributed by atoms with Gasteiger partial charge in [-0.1, -0.05) is 6.07 Å². The number of benzene rings is 2. The summed E-state index contributed by atoms with van der Waals surface area (Å²) in [6.45, 7) is 2.24. The Kier molecular flexibility index (Phi) is 5.56. The van der Waals surface area contributed by atoms with Gasteiger partial charge in [0.1, 0.15) is 18.0 Å². The number of hydrogen-bond acceptors (Lipinski definition) is 6. The van der Waals surface area contributed by atoms with Crippen molar-refractivity contribution in [3.63, 3.8) is 0 Å². The Labute approximate surface area is 169 Å². The molecule has 3 aromatic rings. The van der Waals surface area contributed by atoms with Crippen molar-refractivity contribution in [2.24, 2.45) is 0 Å². The third kappa shape index (κ3) is 4.82. The predicted octanol–water partition coefficient (Wildman–Crippen LogP) is 4.65. The Morgan fingerprint density at radius 3 is 2.24 bits per heavy atom. The van der Waals surface area contributed by atoms with Crippen LogP contribution in [0.3, 0.4) is 0 Å². The minimum atomic E-state index is -0.966. The summed E-state index contributed by atoms with van der Waals surface area (Å²) in [6, 6.07) is 16.7. The van der Waals surface area contributed by atoms with Crippen LogP contribution in [0.5, 0.6) is 0 Å². The lowest BCUT2D eigenvalue weighted by Gasteiger charge is -2.28. The largest absolute Gasteiger partial charge is 0.478 e. The molecule has 0 radical (unpaired) electrons. The van der Waals surface area contributed by atoms with Crippen molar-refractivity contribution in [2.75, 3.05) is 28.6 Å². The van der Waals surface area contributed by atoms with Gasteiger partial charge in [0.2, 0.25) is 0 Å². The first-order chi connectivity index (χ1) is 14.2. The number of rotatable bonds is 6. The van der Waals surface area contributed by atoms with E-state index in [9.17, 15) is 4.79 Å². The van der Waals surface area contributed by atoms with E-state index in [2.05, 4.69) is 49.8 Å². The van der Waals surface area contributed by atoms with E-state index < -0.39 is 5.97 Å². The normalized spacial score (nSPS) is 13.7. The summed E-state index contributed by atoms with van der Waals surface area (Å²) in [5, 5.41) is 15.5. The molecule has 0 aliphatic carbocycles. The van der Waals surface area contributed by atoms with Crippen LogP contribution in [0.4, 0.5) is 28.7 Å². The summed E-state index contributed by atoms with van der Waals surface area (Å²) < 4.78 is 0. The Morgan fingerprint density at radius 2 is 1.55 bits per heavy atom. The van der Waals surface area contributed by atoms with Crippen molar-refractivity contribution in [2.45, 2.75) is 19.3 Å². The second-order valence-electron chi connectivity index (χ2n) is 7.02. The molecule has 1 aliphatic heterocycles. The van der Waals surface area contributed by atoms with Gasteiger partial charge < -0.3 is 20.6 Å². The zero-order valence-electron chi connectivity index (χ0n) is 16.0. The Hall–Kier alpha value is -3.61. The van der Waals surface area contributed by atoms with Gasteiger partial charge in [0.15, 0.2) is 0 Å². The van der Waals surface area contributed by atoms with E-state index in [4.69, 9.17) is 5.11 Å². The number of nitrogens with zero attached hydrogens (tertiary/aromatic N) is 3. The summed E-state index contributed by atoms with van der Waals surface area (Å²) in [7, 11) is 0. The fourth-order valence-corrected chi connectivity index (χ4v) is 3.43. The SMILES string of the molecule is O=C(O)c1cccc(Nc2cc(Nc3ccc(N4CCCCC4)cc3)ncn2)c1. The van der Waals surface area contributed by atoms with Crippen LogP contribution in [0.15, 0.2) is 60.9 Å². The molecule has 2 aromatic carbocycles. The maximum absolute atomic E-state index is 11.1. The molecule has 2 heterocycles. The van der Waals surface area contributed by atoms with E-state index in [0.717, 1.165) is 18.8 Å². The number of nitrogens with one attached hydrogen (secondary N) is 2. The number of anilines is 5. The van der Waals surface area contributed by atoms with Crippen LogP contribution < -0.4 is 15.5 Å². The lowest BCUT2D eigenvalue weighted by molar-refractivity contribution is 0.0697. The highest BCUT2D eigenvalue weighted by atomic mass is 16.4. The molecule has 1 fully saturated rings. The van der Waals surface area contributed by atoms with Crippen molar-refractivity contribution >= 4 is 34.7 Å². The topological polar surface area (TPSA) is 90.4 Å². The fraction of sp³-hybridized carbons (Fsp3) is 0.227. The highest BCUT2D eigenvalue weighted by Crippen LogP contribution is 2.24. The Bertz CT molecular complexity index is 985. The molecule has 0 unspecified atom stereocenters. The highest BCUT2D eigenvalue weighted by Gasteiger charge is 2.10. The van der Waals surface area contributed by atoms with E-state index >= 15 is 0 Å². The van der Waals surface area contributed by atoms with Gasteiger partial charge in [0, 0.05) is 36.2 Å². The average molecular weight is 389 g/mol. The number of piperidine rings is 1. The summed E-state index contributed by atoms with van der Waals surface area (Å²) in [4.78, 5) is 22.0. The molecule has 1 aliphatic rings. The number of carbonyl (C=O) groups is 1. The summed E-state index contributed by atoms with van der Waals surface area (Å²) in [5.41, 5.74) is 3.07. The van der Waals surface area contributed by atoms with Gasteiger partial charge in [0.05, 0.1) is 5.56 Å². The van der Waals surface area contributed by atoms with Crippen LogP contribution >= 0.6 is 0 Å². The molecule has 7 nitrogen and oxygen atoms in total. The van der Waals surface area contributed by atoms with Crippen LogP contribution in [0, 0.1) is 0 Å². The minimum absolute atomic E-state index is 0.219. The zero-order chi connectivity index (χ0) is 20.1. The monoisotopic (exact) mass is 389 g/mol. The molecule has 0 saturated carbocycles. The van der Waals surface area contributed by atoms with E-state index in [1.54, 1.807) is 30.3 Å². The first kappa shape index (κ1) is 18.7. The molecule has 3 N–H and O–H groups in total. The molecule has 29 heavy (non-hydrogen) atoms. The molecule has 148 valence electrons. The maximum atomic E-state index is 11.1. The second kappa shape index (κ2) is 8.60. The molecular weight excluding hydrogens is 366 g/mol. The molecule has 0 amide bonds. The smallest absolute Gasteiger partial charge is 0.335 e. The van der Waals surface area contributed by atoms with Gasteiger partial charge in [-0.3, -0.25) is 0 Å². The summed E-state index contributed by atoms with van der Waals surface area (Å²) in [5.74, 6) is 0.268. The van der Waals surface area contributed by atoms with Crippen molar-refractivity contribution in [3.8, 4) is 0 Å². The van der Waals surface area contributed by atoms with Crippen LogP contribution in [0.25, 0.3) is 0 Å². The van der Waals surface area contributed by atoms with Gasteiger partial charge in [-0.15, -0.1) is 0 Å². The van der Waals surface area contributed by atoms with E-state index in [0.29, 0.717) is 17.3 Å². The Balaban J connectivity index is 1.43. The maximum Gasteiger partial charge on any atom is 0.335 e. The molecule has 0 bridgehead atoms. The van der Waals surface area contributed by atoms with Crippen LogP contribution in [-0.4, -0.2) is 34.1 Å². The zero-order valence-corrected chi connectivity index (χ0v) is 16.0. The van der Waals surface area contributed by atoms with Gasteiger partial charge in [-0.2, -0.15) is 0 Å². The lowest BCUT2D eigenvalue weighted by Crippen LogP contribution is -2.29. The highest BCUT2D eigenvalue weighted by molar-refractivity contribution is 5.89. The molecule has 1 saturated heterocycles. The van der Waals surface area contributed by atoms with E-state index in [-0.39, 0.29) is 5.56 Å². The fourth-order valence-electron chi connectivity index (χ4n) is 3.43. The first-order valence-corrected chi connectivity index (χ1v) is 9.72. The van der Waals surface area contributed by atoms with Crippen LogP contribution in [0.1, 0.15) is 29.6 Å². The number of hydrogen-bond donors (Lipinski definition) is 3. The third-order valence-corrected chi connectivity index (χ3v) is 4.91. The van der Waals surface area contributed by atoms with Gasteiger partial charge in [-0.25, -0.2) is 14.8 Å².